The zero-order valence-corrected chi connectivity index (χ0v) is 18.7. The second kappa shape index (κ2) is 9.38. The molecule has 1 aromatic heterocycles. The summed E-state index contributed by atoms with van der Waals surface area (Å²) in [5.74, 6) is 0.474. The lowest BCUT2D eigenvalue weighted by molar-refractivity contribution is 0.102. The molecule has 164 valence electrons. The van der Waals surface area contributed by atoms with Crippen LogP contribution in [0, 0.1) is 11.3 Å². The van der Waals surface area contributed by atoms with Gasteiger partial charge < -0.3 is 5.32 Å². The number of nitrogens with one attached hydrogen (secondary N) is 1. The number of carbonyl (C=O) groups excluding carboxylic acids is 1. The van der Waals surface area contributed by atoms with E-state index in [0.717, 1.165) is 5.39 Å². The smallest absolute Gasteiger partial charge is 0.238 e. The highest BCUT2D eigenvalue weighted by molar-refractivity contribution is 7.99. The van der Waals surface area contributed by atoms with Crippen molar-refractivity contribution in [2.45, 2.75) is 10.1 Å². The molecule has 33 heavy (non-hydrogen) atoms. The van der Waals surface area contributed by atoms with Crippen molar-refractivity contribution in [1.82, 2.24) is 9.97 Å². The summed E-state index contributed by atoms with van der Waals surface area (Å²) in [6.07, 6.45) is 0. The number of hydrogen-bond acceptors (Lipinski definition) is 8. The summed E-state index contributed by atoms with van der Waals surface area (Å²) in [5.41, 5.74) is 2.15. The largest absolute Gasteiger partial charge is 0.340 e. The number of anilines is 2. The quantitative estimate of drug-likeness (QED) is 0.233. The van der Waals surface area contributed by atoms with E-state index in [0.29, 0.717) is 33.3 Å². The van der Waals surface area contributed by atoms with Gasteiger partial charge in [-0.1, -0.05) is 42.1 Å². The molecule has 0 atom stereocenters. The molecule has 0 spiro atoms. The Labute approximate surface area is 194 Å². The summed E-state index contributed by atoms with van der Waals surface area (Å²) in [4.78, 5) is 21.6. The fourth-order valence-corrected chi connectivity index (χ4v) is 4.35. The van der Waals surface area contributed by atoms with Crippen molar-refractivity contribution < 1.29 is 13.2 Å². The molecule has 10 heteroatoms. The Morgan fingerprint density at radius 2 is 1.79 bits per heavy atom. The molecule has 0 bridgehead atoms. The maximum absolute atomic E-state index is 12.5. The maximum atomic E-state index is 12.5. The molecule has 4 rings (SSSR count). The minimum Gasteiger partial charge on any atom is -0.340 e. The van der Waals surface area contributed by atoms with Gasteiger partial charge in [0.15, 0.2) is 10.9 Å². The molecule has 8 nitrogen and oxygen atoms in total. The lowest BCUT2D eigenvalue weighted by Crippen LogP contribution is -2.12. The Balaban J connectivity index is 1.60. The lowest BCUT2D eigenvalue weighted by atomic mass is 10.1. The van der Waals surface area contributed by atoms with Crippen molar-refractivity contribution in [1.29, 1.82) is 5.26 Å². The van der Waals surface area contributed by atoms with Gasteiger partial charge in [-0.05, 0) is 42.5 Å². The van der Waals surface area contributed by atoms with Gasteiger partial charge in [-0.15, -0.1) is 0 Å². The molecule has 0 unspecified atom stereocenters. The third-order valence-electron chi connectivity index (χ3n) is 4.68. The van der Waals surface area contributed by atoms with Crippen LogP contribution in [-0.4, -0.2) is 29.9 Å². The first kappa shape index (κ1) is 22.4. The molecule has 3 N–H and O–H groups in total. The van der Waals surface area contributed by atoms with Gasteiger partial charge in [-0.3, -0.25) is 4.79 Å². The third kappa shape index (κ3) is 5.35. The van der Waals surface area contributed by atoms with Crippen molar-refractivity contribution in [3.8, 4) is 6.07 Å². The van der Waals surface area contributed by atoms with E-state index in [1.54, 1.807) is 36.4 Å². The molecular weight excluding hydrogens is 458 g/mol. The molecule has 0 fully saturated rings. The Hall–Kier alpha value is -3.78. The average molecular weight is 476 g/mol. The first-order chi connectivity index (χ1) is 15.8. The topological polar surface area (TPSA) is 139 Å². The Kier molecular flexibility index (Phi) is 6.37. The fraction of sp³-hybridized carbons (Fsp3) is 0.0435. The molecule has 1 heterocycles. The van der Waals surface area contributed by atoms with Gasteiger partial charge in [0.2, 0.25) is 10.0 Å². The maximum Gasteiger partial charge on any atom is 0.238 e. The highest BCUT2D eigenvalue weighted by atomic mass is 32.2. The van der Waals surface area contributed by atoms with E-state index < -0.39 is 10.0 Å². The zero-order chi connectivity index (χ0) is 23.4. The SMILES string of the molecule is N#Cc1ccc(C(=O)CSc2nc(Nc3cccc(S(N)(=O)=O)c3)c3ccccc3n2)cc1. The summed E-state index contributed by atoms with van der Waals surface area (Å²) >= 11 is 1.19. The molecule has 0 saturated carbocycles. The van der Waals surface area contributed by atoms with E-state index in [1.807, 2.05) is 30.3 Å². The number of nitriles is 1. The van der Waals surface area contributed by atoms with Crippen LogP contribution in [0.5, 0.6) is 0 Å². The van der Waals surface area contributed by atoms with Crippen LogP contribution in [0.2, 0.25) is 0 Å². The van der Waals surface area contributed by atoms with Crippen molar-refractivity contribution in [2.75, 3.05) is 11.1 Å². The first-order valence-corrected chi connectivity index (χ1v) is 12.2. The number of Topliss-reactive ketones (excluding diaryl/α,β-unsaturated/α-hetero) is 1. The molecule has 3 aromatic carbocycles. The van der Waals surface area contributed by atoms with Crippen molar-refractivity contribution in [3.05, 3.63) is 83.9 Å². The number of thioether (sulfide) groups is 1. The molecular formula is C23H17N5O3S2. The summed E-state index contributed by atoms with van der Waals surface area (Å²) in [5, 5.41) is 18.4. The number of aromatic nitrogens is 2. The molecule has 0 radical (unpaired) electrons. The normalized spacial score (nSPS) is 11.2. The minimum absolute atomic E-state index is 0.0199. The average Bonchev–Trinajstić information content (AvgIpc) is 2.82. The molecule has 4 aromatic rings. The summed E-state index contributed by atoms with van der Waals surface area (Å²) in [6.45, 7) is 0. The minimum atomic E-state index is -3.85. The Bertz CT molecular complexity index is 1500. The molecule has 0 amide bonds. The molecule has 0 aliphatic rings. The number of hydrogen-bond donors (Lipinski definition) is 2. The highest BCUT2D eigenvalue weighted by Gasteiger charge is 2.13. The number of nitrogens with zero attached hydrogens (tertiary/aromatic N) is 3. The molecule has 0 saturated heterocycles. The summed E-state index contributed by atoms with van der Waals surface area (Å²) in [7, 11) is -3.85. The predicted molar refractivity (Wildman–Crippen MR) is 127 cm³/mol. The van der Waals surface area contributed by atoms with Crippen LogP contribution in [0.25, 0.3) is 10.9 Å². The first-order valence-electron chi connectivity index (χ1n) is 9.66. The summed E-state index contributed by atoms with van der Waals surface area (Å²) < 4.78 is 23.4. The Morgan fingerprint density at radius 1 is 1.03 bits per heavy atom. The Morgan fingerprint density at radius 3 is 2.52 bits per heavy atom. The second-order valence-electron chi connectivity index (χ2n) is 6.97. The third-order valence-corrected chi connectivity index (χ3v) is 6.43. The summed E-state index contributed by atoms with van der Waals surface area (Å²) in [6, 6.07) is 21.9. The van der Waals surface area contributed by atoms with E-state index in [4.69, 9.17) is 10.4 Å². The number of nitrogens with two attached hydrogens (primary N) is 1. The van der Waals surface area contributed by atoms with E-state index in [-0.39, 0.29) is 16.4 Å². The number of sulfonamides is 1. The standard InChI is InChI=1S/C23H17N5O3S2/c24-13-15-8-10-16(11-9-15)21(29)14-32-23-27-20-7-2-1-6-19(20)22(28-23)26-17-4-3-5-18(12-17)33(25,30)31/h1-12H,14H2,(H2,25,30,31)(H,26,27,28). The van der Waals surface area contributed by atoms with Crippen LogP contribution in [-0.2, 0) is 10.0 Å². The van der Waals surface area contributed by atoms with Crippen LogP contribution in [0.15, 0.2) is 82.8 Å². The number of fused-ring (bicyclic) bond motifs is 1. The van der Waals surface area contributed by atoms with Crippen LogP contribution in [0.3, 0.4) is 0 Å². The number of primary sulfonamides is 1. The van der Waals surface area contributed by atoms with Gasteiger partial charge in [0, 0.05) is 16.6 Å². The van der Waals surface area contributed by atoms with E-state index in [2.05, 4.69) is 15.3 Å². The lowest BCUT2D eigenvalue weighted by Gasteiger charge is -2.11. The van der Waals surface area contributed by atoms with Crippen LogP contribution in [0.4, 0.5) is 11.5 Å². The number of carbonyl (C=O) groups is 1. The van der Waals surface area contributed by atoms with Gasteiger partial charge in [0.25, 0.3) is 0 Å². The van der Waals surface area contributed by atoms with Gasteiger partial charge in [0.05, 0.1) is 27.8 Å². The number of benzene rings is 3. The van der Waals surface area contributed by atoms with Crippen LogP contribution < -0.4 is 10.5 Å². The number of para-hydroxylation sites is 1. The van der Waals surface area contributed by atoms with E-state index >= 15 is 0 Å². The zero-order valence-electron chi connectivity index (χ0n) is 17.1. The van der Waals surface area contributed by atoms with E-state index in [9.17, 15) is 13.2 Å². The number of ketones is 1. The van der Waals surface area contributed by atoms with Crippen molar-refractivity contribution in [3.63, 3.8) is 0 Å². The van der Waals surface area contributed by atoms with Gasteiger partial charge >= 0.3 is 0 Å². The molecule has 0 aliphatic carbocycles. The van der Waals surface area contributed by atoms with Gasteiger partial charge in [0.1, 0.15) is 5.82 Å². The monoisotopic (exact) mass is 475 g/mol. The predicted octanol–water partition coefficient (Wildman–Crippen LogP) is 3.87. The molecule has 0 aliphatic heterocycles. The second-order valence-corrected chi connectivity index (χ2v) is 9.47. The van der Waals surface area contributed by atoms with Crippen LogP contribution >= 0.6 is 11.8 Å². The van der Waals surface area contributed by atoms with Gasteiger partial charge in [-0.25, -0.2) is 23.5 Å². The fourth-order valence-electron chi connectivity index (χ4n) is 3.05. The van der Waals surface area contributed by atoms with Crippen LogP contribution in [0.1, 0.15) is 15.9 Å². The van der Waals surface area contributed by atoms with E-state index in [1.165, 1.54) is 23.9 Å². The van der Waals surface area contributed by atoms with Crippen molar-refractivity contribution in [2.24, 2.45) is 5.14 Å². The van der Waals surface area contributed by atoms with Gasteiger partial charge in [-0.2, -0.15) is 5.26 Å². The van der Waals surface area contributed by atoms with Crippen molar-refractivity contribution >= 4 is 50.0 Å². The highest BCUT2D eigenvalue weighted by Crippen LogP contribution is 2.28. The number of rotatable bonds is 7.